The molecule has 2 aromatic rings. The van der Waals surface area contributed by atoms with Crippen molar-refractivity contribution in [1.82, 2.24) is 25.8 Å². The Hall–Kier alpha value is -1.76. The van der Waals surface area contributed by atoms with Crippen LogP contribution in [0.5, 0.6) is 0 Å². The van der Waals surface area contributed by atoms with Gasteiger partial charge in [0, 0.05) is 30.2 Å². The highest BCUT2D eigenvalue weighted by atomic mass is 35.5. The van der Waals surface area contributed by atoms with Gasteiger partial charge < -0.3 is 4.90 Å². The summed E-state index contributed by atoms with van der Waals surface area (Å²) in [5.74, 6) is 1.44. The van der Waals surface area contributed by atoms with E-state index in [9.17, 15) is 0 Å². The molecule has 4 rings (SSSR count). The highest BCUT2D eigenvalue weighted by Gasteiger charge is 2.34. The lowest BCUT2D eigenvalue weighted by molar-refractivity contribution is 0.309. The van der Waals surface area contributed by atoms with Crippen molar-refractivity contribution in [2.75, 3.05) is 18.0 Å². The maximum Gasteiger partial charge on any atom is 0.228 e. The number of halogens is 1. The quantitative estimate of drug-likeness (QED) is 0.891. The average molecular weight is 345 g/mol. The molecule has 2 unspecified atom stereocenters. The molecule has 0 bridgehead atoms. The third-order valence-corrected chi connectivity index (χ3v) is 5.43. The minimum absolute atomic E-state index is 0.283. The normalized spacial score (nSPS) is 25.1. The van der Waals surface area contributed by atoms with Crippen LogP contribution in [0, 0.1) is 5.92 Å². The van der Waals surface area contributed by atoms with Gasteiger partial charge in [0.2, 0.25) is 5.95 Å². The summed E-state index contributed by atoms with van der Waals surface area (Å²) >= 11 is 6.33. The van der Waals surface area contributed by atoms with E-state index in [1.165, 1.54) is 5.56 Å². The molecule has 7 heteroatoms. The second-order valence-electron chi connectivity index (χ2n) is 6.47. The Morgan fingerprint density at radius 3 is 2.54 bits per heavy atom. The molecule has 0 amide bonds. The molecule has 2 N–H and O–H groups in total. The van der Waals surface area contributed by atoms with Crippen molar-refractivity contribution >= 4 is 17.5 Å². The molecule has 2 aliphatic rings. The molecule has 3 heterocycles. The number of piperidine rings is 1. The van der Waals surface area contributed by atoms with Gasteiger partial charge in [-0.15, -0.1) is 0 Å². The van der Waals surface area contributed by atoms with E-state index in [1.807, 2.05) is 18.2 Å². The predicted octanol–water partition coefficient (Wildman–Crippen LogP) is 2.35. The summed E-state index contributed by atoms with van der Waals surface area (Å²) in [6.45, 7) is 1.98. The standard InChI is InChI=1S/C17H21ClN6/c18-14-4-2-1-3-13(14)16-9-15(22-23-16)12-5-7-24(8-6-12)17-20-10-19-11-21-17/h1-4,10-12,15-16,22-23H,5-9H2. The minimum atomic E-state index is 0.283. The van der Waals surface area contributed by atoms with Gasteiger partial charge in [0.05, 0.1) is 0 Å². The monoisotopic (exact) mass is 344 g/mol. The fraction of sp³-hybridized carbons (Fsp3) is 0.471. The number of aromatic nitrogens is 3. The molecule has 24 heavy (non-hydrogen) atoms. The summed E-state index contributed by atoms with van der Waals surface area (Å²) in [6.07, 6.45) is 6.47. The lowest BCUT2D eigenvalue weighted by Gasteiger charge is -2.34. The van der Waals surface area contributed by atoms with E-state index in [0.29, 0.717) is 12.0 Å². The number of benzene rings is 1. The molecule has 1 aromatic carbocycles. The molecule has 126 valence electrons. The molecule has 2 atom stereocenters. The molecule has 6 nitrogen and oxygen atoms in total. The fourth-order valence-corrected chi connectivity index (χ4v) is 4.02. The maximum atomic E-state index is 6.33. The summed E-state index contributed by atoms with van der Waals surface area (Å²) in [6, 6.07) is 8.84. The van der Waals surface area contributed by atoms with E-state index in [1.54, 1.807) is 12.7 Å². The Labute approximate surface area is 146 Å². The van der Waals surface area contributed by atoms with Crippen LogP contribution in [0.2, 0.25) is 5.02 Å². The van der Waals surface area contributed by atoms with E-state index >= 15 is 0 Å². The highest BCUT2D eigenvalue weighted by Crippen LogP contribution is 2.33. The Bertz CT molecular complexity index is 674. The molecular formula is C17H21ClN6. The van der Waals surface area contributed by atoms with Crippen LogP contribution in [-0.4, -0.2) is 34.1 Å². The van der Waals surface area contributed by atoms with Crippen molar-refractivity contribution in [3.05, 3.63) is 47.5 Å². The molecule has 0 aliphatic carbocycles. The van der Waals surface area contributed by atoms with Gasteiger partial charge >= 0.3 is 0 Å². The molecule has 2 aliphatic heterocycles. The SMILES string of the molecule is Clc1ccccc1C1CC(C2CCN(c3ncncn3)CC2)NN1. The topological polar surface area (TPSA) is 66.0 Å². The highest BCUT2D eigenvalue weighted by molar-refractivity contribution is 6.31. The van der Waals surface area contributed by atoms with Crippen LogP contribution in [0.25, 0.3) is 0 Å². The van der Waals surface area contributed by atoms with Crippen LogP contribution in [0.4, 0.5) is 5.95 Å². The summed E-state index contributed by atoms with van der Waals surface area (Å²) in [5, 5.41) is 0.835. The molecule has 2 fully saturated rings. The van der Waals surface area contributed by atoms with E-state index in [-0.39, 0.29) is 6.04 Å². The third-order valence-electron chi connectivity index (χ3n) is 5.08. The maximum absolute atomic E-state index is 6.33. The number of nitrogens with zero attached hydrogens (tertiary/aromatic N) is 4. The van der Waals surface area contributed by atoms with Crippen LogP contribution in [0.1, 0.15) is 30.9 Å². The first-order valence-electron chi connectivity index (χ1n) is 8.43. The zero-order valence-corrected chi connectivity index (χ0v) is 14.2. The van der Waals surface area contributed by atoms with Gasteiger partial charge in [-0.3, -0.25) is 5.43 Å². The Kier molecular flexibility index (Phi) is 4.60. The van der Waals surface area contributed by atoms with Crippen molar-refractivity contribution in [2.24, 2.45) is 5.92 Å². The van der Waals surface area contributed by atoms with E-state index in [4.69, 9.17) is 11.6 Å². The molecule has 0 spiro atoms. The van der Waals surface area contributed by atoms with Crippen molar-refractivity contribution in [1.29, 1.82) is 0 Å². The number of hydrogen-bond acceptors (Lipinski definition) is 6. The van der Waals surface area contributed by atoms with Gasteiger partial charge in [0.15, 0.2) is 0 Å². The number of anilines is 1. The lowest BCUT2D eigenvalue weighted by Crippen LogP contribution is -2.43. The van der Waals surface area contributed by atoms with Gasteiger partial charge in [0.25, 0.3) is 0 Å². The van der Waals surface area contributed by atoms with Gasteiger partial charge in [0.1, 0.15) is 12.7 Å². The van der Waals surface area contributed by atoms with E-state index in [0.717, 1.165) is 43.3 Å². The van der Waals surface area contributed by atoms with E-state index in [2.05, 4.69) is 36.8 Å². The zero-order chi connectivity index (χ0) is 16.4. The van der Waals surface area contributed by atoms with Crippen LogP contribution in [0.3, 0.4) is 0 Å². The second kappa shape index (κ2) is 7.01. The van der Waals surface area contributed by atoms with Crippen molar-refractivity contribution < 1.29 is 0 Å². The molecule has 0 saturated carbocycles. The molecule has 0 radical (unpaired) electrons. The van der Waals surface area contributed by atoms with Gasteiger partial charge in [-0.25, -0.2) is 20.4 Å². The first-order chi connectivity index (χ1) is 11.8. The molecular weight excluding hydrogens is 324 g/mol. The van der Waals surface area contributed by atoms with Gasteiger partial charge in [-0.1, -0.05) is 29.8 Å². The largest absolute Gasteiger partial charge is 0.341 e. The van der Waals surface area contributed by atoms with Gasteiger partial charge in [-0.2, -0.15) is 0 Å². The third kappa shape index (κ3) is 3.22. The minimum Gasteiger partial charge on any atom is -0.341 e. The summed E-state index contributed by atoms with van der Waals surface area (Å²) in [7, 11) is 0. The first kappa shape index (κ1) is 15.7. The number of hydrogen-bond donors (Lipinski definition) is 2. The Morgan fingerprint density at radius 2 is 1.79 bits per heavy atom. The number of nitrogens with one attached hydrogen (secondary N) is 2. The number of hydrazine groups is 1. The van der Waals surface area contributed by atoms with Crippen molar-refractivity contribution in [3.8, 4) is 0 Å². The Morgan fingerprint density at radius 1 is 1.04 bits per heavy atom. The van der Waals surface area contributed by atoms with Crippen molar-refractivity contribution in [3.63, 3.8) is 0 Å². The fourth-order valence-electron chi connectivity index (χ4n) is 3.75. The summed E-state index contributed by atoms with van der Waals surface area (Å²) in [4.78, 5) is 14.6. The lowest BCUT2D eigenvalue weighted by atomic mass is 9.86. The second-order valence-corrected chi connectivity index (χ2v) is 6.87. The number of rotatable bonds is 3. The summed E-state index contributed by atoms with van der Waals surface area (Å²) in [5.41, 5.74) is 8.09. The Balaban J connectivity index is 1.35. The summed E-state index contributed by atoms with van der Waals surface area (Å²) < 4.78 is 0. The van der Waals surface area contributed by atoms with Gasteiger partial charge in [-0.05, 0) is 36.8 Å². The predicted molar refractivity (Wildman–Crippen MR) is 93.6 cm³/mol. The van der Waals surface area contributed by atoms with Crippen LogP contribution in [-0.2, 0) is 0 Å². The smallest absolute Gasteiger partial charge is 0.228 e. The molecule has 1 aromatic heterocycles. The average Bonchev–Trinajstić information content (AvgIpc) is 3.13. The van der Waals surface area contributed by atoms with Crippen LogP contribution >= 0.6 is 11.6 Å². The zero-order valence-electron chi connectivity index (χ0n) is 13.4. The van der Waals surface area contributed by atoms with Crippen molar-refractivity contribution in [2.45, 2.75) is 31.3 Å². The van der Waals surface area contributed by atoms with Crippen LogP contribution in [0.15, 0.2) is 36.9 Å². The van der Waals surface area contributed by atoms with Crippen LogP contribution < -0.4 is 15.8 Å². The first-order valence-corrected chi connectivity index (χ1v) is 8.81. The van der Waals surface area contributed by atoms with E-state index < -0.39 is 0 Å². The molecule has 2 saturated heterocycles.